The molecule has 6 nitrogen and oxygen atoms in total. The average Bonchev–Trinajstić information content (AvgIpc) is 2.66. The maximum absolute atomic E-state index is 13.3. The van der Waals surface area contributed by atoms with Crippen LogP contribution >= 0.6 is 0 Å². The number of nitrogens with zero attached hydrogens (tertiary/aromatic N) is 3. The molecule has 0 spiro atoms. The monoisotopic (exact) mass is 371 g/mol. The highest BCUT2D eigenvalue weighted by atomic mass is 16.5. The summed E-state index contributed by atoms with van der Waals surface area (Å²) < 4.78 is 6.85. The topological polar surface area (TPSA) is 67.6 Å². The SMILES string of the molecule is COCCn1c(C)cc(O)c([C@@H](c2ccncc2)N2CCC(C)CC2)c1=O. The Morgan fingerprint density at radius 3 is 2.59 bits per heavy atom. The lowest BCUT2D eigenvalue weighted by molar-refractivity contribution is 0.154. The molecule has 0 amide bonds. The number of piperidine rings is 1. The van der Waals surface area contributed by atoms with Gasteiger partial charge in [-0.2, -0.15) is 0 Å². The molecular formula is C21H29N3O3. The second-order valence-corrected chi connectivity index (χ2v) is 7.44. The van der Waals surface area contributed by atoms with Crippen LogP contribution in [-0.2, 0) is 11.3 Å². The number of likely N-dealkylation sites (tertiary alicyclic amines) is 1. The van der Waals surface area contributed by atoms with Crippen molar-refractivity contribution in [3.05, 3.63) is 57.8 Å². The highest BCUT2D eigenvalue weighted by Gasteiger charge is 2.31. The minimum atomic E-state index is -0.276. The number of aromatic hydroxyl groups is 1. The van der Waals surface area contributed by atoms with E-state index >= 15 is 0 Å². The second kappa shape index (κ2) is 8.67. The van der Waals surface area contributed by atoms with Crippen LogP contribution in [0.5, 0.6) is 5.75 Å². The van der Waals surface area contributed by atoms with Crippen LogP contribution in [0.15, 0.2) is 35.4 Å². The number of pyridine rings is 2. The Morgan fingerprint density at radius 1 is 1.30 bits per heavy atom. The molecule has 0 bridgehead atoms. The summed E-state index contributed by atoms with van der Waals surface area (Å²) in [6.45, 7) is 6.82. The van der Waals surface area contributed by atoms with Gasteiger partial charge in [0.25, 0.3) is 5.56 Å². The van der Waals surface area contributed by atoms with Gasteiger partial charge in [-0.15, -0.1) is 0 Å². The number of aryl methyl sites for hydroxylation is 1. The van der Waals surface area contributed by atoms with Gasteiger partial charge in [0.2, 0.25) is 0 Å². The number of hydrogen-bond acceptors (Lipinski definition) is 5. The van der Waals surface area contributed by atoms with Crippen LogP contribution in [0.25, 0.3) is 0 Å². The van der Waals surface area contributed by atoms with E-state index in [1.54, 1.807) is 30.1 Å². The first kappa shape index (κ1) is 19.6. The third-order valence-corrected chi connectivity index (χ3v) is 5.52. The summed E-state index contributed by atoms with van der Waals surface area (Å²) in [4.78, 5) is 19.8. The van der Waals surface area contributed by atoms with E-state index in [9.17, 15) is 9.90 Å². The van der Waals surface area contributed by atoms with Crippen molar-refractivity contribution >= 4 is 0 Å². The fourth-order valence-electron chi connectivity index (χ4n) is 3.88. The second-order valence-electron chi connectivity index (χ2n) is 7.44. The van der Waals surface area contributed by atoms with Crippen molar-refractivity contribution in [3.63, 3.8) is 0 Å². The zero-order valence-electron chi connectivity index (χ0n) is 16.4. The molecule has 0 radical (unpaired) electrons. The molecule has 1 N–H and O–H groups in total. The lowest BCUT2D eigenvalue weighted by Gasteiger charge is -2.37. The van der Waals surface area contributed by atoms with E-state index in [0.717, 1.165) is 37.2 Å². The maximum atomic E-state index is 13.3. The molecule has 3 rings (SSSR count). The van der Waals surface area contributed by atoms with Gasteiger partial charge in [-0.05, 0) is 62.5 Å². The molecule has 1 atom stereocenters. The summed E-state index contributed by atoms with van der Waals surface area (Å²) in [6, 6.07) is 5.28. The highest BCUT2D eigenvalue weighted by Crippen LogP contribution is 2.34. The van der Waals surface area contributed by atoms with Crippen LogP contribution in [0.3, 0.4) is 0 Å². The van der Waals surface area contributed by atoms with Crippen LogP contribution < -0.4 is 5.56 Å². The molecular weight excluding hydrogens is 342 g/mol. The fourth-order valence-corrected chi connectivity index (χ4v) is 3.88. The fraction of sp³-hybridized carbons (Fsp3) is 0.524. The first-order valence-electron chi connectivity index (χ1n) is 9.59. The van der Waals surface area contributed by atoms with E-state index in [1.807, 2.05) is 19.1 Å². The van der Waals surface area contributed by atoms with E-state index in [1.165, 1.54) is 0 Å². The van der Waals surface area contributed by atoms with Gasteiger partial charge in [0.1, 0.15) is 5.75 Å². The third kappa shape index (κ3) is 4.22. The van der Waals surface area contributed by atoms with Crippen LogP contribution in [-0.4, -0.2) is 46.4 Å². The molecule has 0 unspecified atom stereocenters. The zero-order valence-corrected chi connectivity index (χ0v) is 16.4. The summed E-state index contributed by atoms with van der Waals surface area (Å²) in [6.07, 6.45) is 5.66. The van der Waals surface area contributed by atoms with E-state index < -0.39 is 0 Å². The van der Waals surface area contributed by atoms with E-state index in [2.05, 4.69) is 16.8 Å². The largest absolute Gasteiger partial charge is 0.507 e. The maximum Gasteiger partial charge on any atom is 0.259 e. The number of aromatic nitrogens is 2. The summed E-state index contributed by atoms with van der Waals surface area (Å²) >= 11 is 0. The predicted molar refractivity (Wildman–Crippen MR) is 105 cm³/mol. The third-order valence-electron chi connectivity index (χ3n) is 5.52. The van der Waals surface area contributed by atoms with Crippen molar-refractivity contribution in [1.29, 1.82) is 0 Å². The van der Waals surface area contributed by atoms with Crippen molar-refractivity contribution in [2.75, 3.05) is 26.8 Å². The highest BCUT2D eigenvalue weighted by molar-refractivity contribution is 5.40. The Kier molecular flexibility index (Phi) is 6.29. The smallest absolute Gasteiger partial charge is 0.259 e. The van der Waals surface area contributed by atoms with Crippen molar-refractivity contribution < 1.29 is 9.84 Å². The first-order valence-corrected chi connectivity index (χ1v) is 9.59. The Bertz CT molecular complexity index is 811. The van der Waals surface area contributed by atoms with Crippen molar-refractivity contribution in [2.45, 2.75) is 39.3 Å². The van der Waals surface area contributed by atoms with Crippen molar-refractivity contribution in [1.82, 2.24) is 14.5 Å². The molecule has 3 heterocycles. The molecule has 0 aliphatic carbocycles. The molecule has 27 heavy (non-hydrogen) atoms. The van der Waals surface area contributed by atoms with Crippen molar-refractivity contribution in [3.8, 4) is 5.75 Å². The molecule has 1 aliphatic rings. The normalized spacial score (nSPS) is 17.1. The van der Waals surface area contributed by atoms with Gasteiger partial charge < -0.3 is 14.4 Å². The minimum absolute atomic E-state index is 0.0617. The molecule has 0 aromatic carbocycles. The lowest BCUT2D eigenvalue weighted by atomic mass is 9.92. The number of hydrogen-bond donors (Lipinski definition) is 1. The van der Waals surface area contributed by atoms with Crippen LogP contribution in [0.1, 0.15) is 42.6 Å². The quantitative estimate of drug-likeness (QED) is 0.846. The van der Waals surface area contributed by atoms with Crippen molar-refractivity contribution in [2.24, 2.45) is 5.92 Å². The number of rotatable bonds is 6. The summed E-state index contributed by atoms with van der Waals surface area (Å²) in [5.74, 6) is 0.746. The number of ether oxygens (including phenoxy) is 1. The lowest BCUT2D eigenvalue weighted by Crippen LogP contribution is -2.40. The van der Waals surface area contributed by atoms with Gasteiger partial charge in [0.15, 0.2) is 0 Å². The Balaban J connectivity index is 2.11. The van der Waals surface area contributed by atoms with Gasteiger partial charge in [0.05, 0.1) is 18.2 Å². The van der Waals surface area contributed by atoms with Gasteiger partial charge in [-0.25, -0.2) is 0 Å². The molecule has 1 fully saturated rings. The molecule has 146 valence electrons. The zero-order chi connectivity index (χ0) is 19.4. The molecule has 2 aromatic rings. The minimum Gasteiger partial charge on any atom is -0.507 e. The standard InChI is InChI=1S/C21H29N3O3/c1-15-6-10-23(11-7-15)20(17-4-8-22-9-5-17)19-18(25)14-16(2)24(21(19)26)12-13-27-3/h4-5,8-9,14-15,20,25H,6-7,10-13H2,1-3H3/t20-/m1/s1. The van der Waals surface area contributed by atoms with Gasteiger partial charge >= 0.3 is 0 Å². The summed E-state index contributed by atoms with van der Waals surface area (Å²) in [5, 5.41) is 10.7. The molecule has 6 heteroatoms. The van der Waals surface area contributed by atoms with Gasteiger partial charge in [0, 0.05) is 31.7 Å². The van der Waals surface area contributed by atoms with E-state index in [0.29, 0.717) is 24.6 Å². The van der Waals surface area contributed by atoms with Gasteiger partial charge in [-0.1, -0.05) is 6.92 Å². The summed E-state index contributed by atoms with van der Waals surface area (Å²) in [7, 11) is 1.62. The molecule has 1 saturated heterocycles. The first-order chi connectivity index (χ1) is 13.0. The van der Waals surface area contributed by atoms with Crippen LogP contribution in [0.4, 0.5) is 0 Å². The Morgan fingerprint density at radius 2 is 1.96 bits per heavy atom. The average molecular weight is 371 g/mol. The Labute approximate surface area is 160 Å². The van der Waals surface area contributed by atoms with Gasteiger partial charge in [-0.3, -0.25) is 14.7 Å². The summed E-state index contributed by atoms with van der Waals surface area (Å²) in [5.41, 5.74) is 2.01. The van der Waals surface area contributed by atoms with E-state index in [-0.39, 0.29) is 17.4 Å². The van der Waals surface area contributed by atoms with E-state index in [4.69, 9.17) is 4.74 Å². The predicted octanol–water partition coefficient (Wildman–Crippen LogP) is 2.73. The molecule has 1 aliphatic heterocycles. The number of methoxy groups -OCH3 is 1. The molecule has 2 aromatic heterocycles. The van der Waals surface area contributed by atoms with Crippen LogP contribution in [0.2, 0.25) is 0 Å². The molecule has 0 saturated carbocycles. The van der Waals surface area contributed by atoms with Crippen LogP contribution in [0, 0.1) is 12.8 Å². The Hall–Kier alpha value is -2.18.